The summed E-state index contributed by atoms with van der Waals surface area (Å²) in [4.78, 5) is 25.5. The number of anilines is 1. The van der Waals surface area contributed by atoms with Gasteiger partial charge in [-0.2, -0.15) is 0 Å². The highest BCUT2D eigenvalue weighted by Crippen LogP contribution is 2.22. The molecule has 0 fully saturated rings. The van der Waals surface area contributed by atoms with Crippen molar-refractivity contribution < 1.29 is 18.0 Å². The van der Waals surface area contributed by atoms with Crippen molar-refractivity contribution >= 4 is 27.5 Å². The van der Waals surface area contributed by atoms with Crippen molar-refractivity contribution in [1.29, 1.82) is 0 Å². The molecule has 130 valence electrons. The molecule has 1 aliphatic rings. The number of imide groups is 1. The molecule has 7 heteroatoms. The highest BCUT2D eigenvalue weighted by atomic mass is 32.2. The number of aryl methyl sites for hydroxylation is 2. The standard InChI is InChI=1S/C18H18N2O4S/c1-12-9-13(2)11-14(10-12)19-25(23,24)8-7-20-17(21)15-5-3-4-6-16(15)18(20)22/h3-6,9-11,19H,7-8H2,1-2H3. The Hall–Kier alpha value is -2.67. The third-order valence-corrected chi connectivity index (χ3v) is 5.22. The summed E-state index contributed by atoms with van der Waals surface area (Å²) in [6.45, 7) is 3.57. The molecule has 0 aliphatic carbocycles. The van der Waals surface area contributed by atoms with Gasteiger partial charge in [0.1, 0.15) is 0 Å². The van der Waals surface area contributed by atoms with E-state index in [2.05, 4.69) is 4.72 Å². The summed E-state index contributed by atoms with van der Waals surface area (Å²) in [5.41, 5.74) is 2.98. The van der Waals surface area contributed by atoms with Crippen LogP contribution in [0.3, 0.4) is 0 Å². The van der Waals surface area contributed by atoms with E-state index < -0.39 is 21.8 Å². The van der Waals surface area contributed by atoms with Crippen LogP contribution in [-0.2, 0) is 10.0 Å². The Morgan fingerprint density at radius 3 is 1.96 bits per heavy atom. The molecular formula is C18H18N2O4S. The van der Waals surface area contributed by atoms with E-state index in [0.29, 0.717) is 16.8 Å². The summed E-state index contributed by atoms with van der Waals surface area (Å²) >= 11 is 0. The van der Waals surface area contributed by atoms with Gasteiger partial charge in [-0.15, -0.1) is 0 Å². The van der Waals surface area contributed by atoms with Crippen molar-refractivity contribution in [2.24, 2.45) is 0 Å². The Morgan fingerprint density at radius 2 is 1.44 bits per heavy atom. The largest absolute Gasteiger partial charge is 0.283 e. The number of rotatable bonds is 5. The van der Waals surface area contributed by atoms with Crippen molar-refractivity contribution in [3.05, 3.63) is 64.7 Å². The fourth-order valence-corrected chi connectivity index (χ4v) is 3.92. The first kappa shape index (κ1) is 17.2. The van der Waals surface area contributed by atoms with Crippen LogP contribution in [0.1, 0.15) is 31.8 Å². The summed E-state index contributed by atoms with van der Waals surface area (Å²) in [6.07, 6.45) is 0. The van der Waals surface area contributed by atoms with Crippen LogP contribution in [0.25, 0.3) is 0 Å². The van der Waals surface area contributed by atoms with Crippen molar-refractivity contribution in [1.82, 2.24) is 4.90 Å². The van der Waals surface area contributed by atoms with Gasteiger partial charge in [-0.05, 0) is 49.2 Å². The maximum Gasteiger partial charge on any atom is 0.261 e. The molecule has 3 rings (SSSR count). The Kier molecular flexibility index (Phi) is 4.34. The van der Waals surface area contributed by atoms with Crippen molar-refractivity contribution in [3.8, 4) is 0 Å². The van der Waals surface area contributed by atoms with Crippen LogP contribution in [0.4, 0.5) is 5.69 Å². The van der Waals surface area contributed by atoms with Gasteiger partial charge in [-0.1, -0.05) is 18.2 Å². The van der Waals surface area contributed by atoms with E-state index in [4.69, 9.17) is 0 Å². The number of carbonyl (C=O) groups excluding carboxylic acids is 2. The van der Waals surface area contributed by atoms with Crippen molar-refractivity contribution in [3.63, 3.8) is 0 Å². The minimum absolute atomic E-state index is 0.188. The molecule has 0 unspecified atom stereocenters. The molecule has 1 heterocycles. The predicted molar refractivity (Wildman–Crippen MR) is 95.1 cm³/mol. The van der Waals surface area contributed by atoms with Gasteiger partial charge in [0.05, 0.1) is 16.9 Å². The first-order chi connectivity index (χ1) is 11.8. The number of fused-ring (bicyclic) bond motifs is 1. The molecule has 0 saturated heterocycles. The number of carbonyl (C=O) groups is 2. The normalized spacial score (nSPS) is 13.9. The molecule has 0 atom stereocenters. The van der Waals surface area contributed by atoms with Gasteiger partial charge >= 0.3 is 0 Å². The molecule has 0 saturated carbocycles. The molecule has 2 amide bonds. The van der Waals surface area contributed by atoms with Gasteiger partial charge in [0.15, 0.2) is 0 Å². The number of sulfonamides is 1. The molecule has 1 N–H and O–H groups in total. The van der Waals surface area contributed by atoms with E-state index >= 15 is 0 Å². The zero-order valence-corrected chi connectivity index (χ0v) is 14.8. The lowest BCUT2D eigenvalue weighted by Gasteiger charge is -2.15. The average molecular weight is 358 g/mol. The lowest BCUT2D eigenvalue weighted by Crippen LogP contribution is -2.35. The molecular weight excluding hydrogens is 340 g/mol. The number of amides is 2. The second-order valence-electron chi connectivity index (χ2n) is 6.10. The maximum atomic E-state index is 12.3. The van der Waals surface area contributed by atoms with Gasteiger partial charge in [-0.3, -0.25) is 19.2 Å². The molecule has 0 aromatic heterocycles. The highest BCUT2D eigenvalue weighted by Gasteiger charge is 2.35. The molecule has 6 nitrogen and oxygen atoms in total. The SMILES string of the molecule is Cc1cc(C)cc(NS(=O)(=O)CCN2C(=O)c3ccccc3C2=O)c1. The van der Waals surface area contributed by atoms with E-state index in [0.717, 1.165) is 16.0 Å². The highest BCUT2D eigenvalue weighted by molar-refractivity contribution is 7.92. The average Bonchev–Trinajstić information content (AvgIpc) is 2.76. The number of nitrogens with zero attached hydrogens (tertiary/aromatic N) is 1. The summed E-state index contributed by atoms with van der Waals surface area (Å²) in [7, 11) is -3.69. The third kappa shape index (κ3) is 3.56. The smallest absolute Gasteiger partial charge is 0.261 e. The van der Waals surface area contributed by atoms with Crippen LogP contribution < -0.4 is 4.72 Å². The van der Waals surface area contributed by atoms with E-state index in [1.807, 2.05) is 19.9 Å². The zero-order valence-electron chi connectivity index (χ0n) is 13.9. The number of benzene rings is 2. The number of nitrogens with one attached hydrogen (secondary N) is 1. The molecule has 0 radical (unpaired) electrons. The van der Waals surface area contributed by atoms with E-state index in [1.54, 1.807) is 36.4 Å². The molecule has 2 aromatic carbocycles. The van der Waals surface area contributed by atoms with Gasteiger partial charge in [0.25, 0.3) is 11.8 Å². The Balaban J connectivity index is 1.71. The van der Waals surface area contributed by atoms with Crippen LogP contribution >= 0.6 is 0 Å². The van der Waals surface area contributed by atoms with Crippen LogP contribution in [-0.4, -0.2) is 37.4 Å². The second-order valence-corrected chi connectivity index (χ2v) is 7.95. The quantitative estimate of drug-likeness (QED) is 0.832. The lowest BCUT2D eigenvalue weighted by atomic mass is 10.1. The Morgan fingerprint density at radius 1 is 0.920 bits per heavy atom. The molecule has 0 bridgehead atoms. The summed E-state index contributed by atoms with van der Waals surface area (Å²) < 4.78 is 27.1. The first-order valence-corrected chi connectivity index (χ1v) is 9.46. The van der Waals surface area contributed by atoms with E-state index in [1.165, 1.54) is 0 Å². The molecule has 1 aliphatic heterocycles. The van der Waals surface area contributed by atoms with E-state index in [-0.39, 0.29) is 12.3 Å². The fourth-order valence-electron chi connectivity index (χ4n) is 2.92. The van der Waals surface area contributed by atoms with Crippen LogP contribution in [0.15, 0.2) is 42.5 Å². The molecule has 0 spiro atoms. The monoisotopic (exact) mass is 358 g/mol. The van der Waals surface area contributed by atoms with Gasteiger partial charge in [-0.25, -0.2) is 8.42 Å². The Labute approximate surface area is 146 Å². The van der Waals surface area contributed by atoms with Crippen LogP contribution in [0, 0.1) is 13.8 Å². The molecule has 2 aromatic rings. The summed E-state index contributed by atoms with van der Waals surface area (Å²) in [6, 6.07) is 11.9. The lowest BCUT2D eigenvalue weighted by molar-refractivity contribution is 0.0664. The summed E-state index contributed by atoms with van der Waals surface area (Å²) in [5, 5.41) is 0. The topological polar surface area (TPSA) is 83.6 Å². The fraction of sp³-hybridized carbons (Fsp3) is 0.222. The van der Waals surface area contributed by atoms with Crippen LogP contribution in [0.5, 0.6) is 0 Å². The Bertz CT molecular complexity index is 912. The minimum atomic E-state index is -3.69. The van der Waals surface area contributed by atoms with Crippen molar-refractivity contribution in [2.75, 3.05) is 17.0 Å². The van der Waals surface area contributed by atoms with E-state index in [9.17, 15) is 18.0 Å². The first-order valence-electron chi connectivity index (χ1n) is 7.81. The maximum absolute atomic E-state index is 12.3. The van der Waals surface area contributed by atoms with Gasteiger partial charge < -0.3 is 0 Å². The molecule has 25 heavy (non-hydrogen) atoms. The van der Waals surface area contributed by atoms with Crippen molar-refractivity contribution in [2.45, 2.75) is 13.8 Å². The number of hydrogen-bond acceptors (Lipinski definition) is 4. The zero-order chi connectivity index (χ0) is 18.2. The second kappa shape index (κ2) is 6.33. The van der Waals surface area contributed by atoms with Gasteiger partial charge in [0.2, 0.25) is 10.0 Å². The summed E-state index contributed by atoms with van der Waals surface area (Å²) in [5.74, 6) is -1.27. The minimum Gasteiger partial charge on any atom is -0.283 e. The predicted octanol–water partition coefficient (Wildman–Crippen LogP) is 2.34. The van der Waals surface area contributed by atoms with Gasteiger partial charge in [0, 0.05) is 12.2 Å². The van der Waals surface area contributed by atoms with Crippen LogP contribution in [0.2, 0.25) is 0 Å². The number of hydrogen-bond donors (Lipinski definition) is 1. The third-order valence-electron chi connectivity index (χ3n) is 3.96.